The number of aromatic nitrogens is 2. The van der Waals surface area contributed by atoms with Crippen molar-refractivity contribution in [3.05, 3.63) is 76.1 Å². The molecule has 0 unspecified atom stereocenters. The van der Waals surface area contributed by atoms with E-state index in [9.17, 15) is 9.59 Å². The van der Waals surface area contributed by atoms with Crippen molar-refractivity contribution in [2.75, 3.05) is 46.5 Å². The van der Waals surface area contributed by atoms with Gasteiger partial charge in [0.05, 0.1) is 26.5 Å². The number of carbonyl (C=O) groups is 2. The summed E-state index contributed by atoms with van der Waals surface area (Å²) in [6.45, 7) is 4.50. The lowest BCUT2D eigenvalue weighted by molar-refractivity contribution is 0.0706. The Morgan fingerprint density at radius 1 is 1.02 bits per heavy atom. The van der Waals surface area contributed by atoms with Crippen LogP contribution in [0.4, 0.5) is 0 Å². The molecule has 4 bridgehead atoms. The van der Waals surface area contributed by atoms with Crippen LogP contribution in [-0.2, 0) is 13.1 Å². The Kier molecular flexibility index (Phi) is 9.37. The molecule has 0 saturated heterocycles. The van der Waals surface area contributed by atoms with Crippen LogP contribution >= 0.6 is 11.3 Å². The fraction of sp³-hybridized carbons (Fsp3) is 0.375. The van der Waals surface area contributed by atoms with E-state index >= 15 is 0 Å². The highest BCUT2D eigenvalue weighted by Gasteiger charge is 2.24. The molecule has 0 aliphatic carbocycles. The lowest BCUT2D eigenvalue weighted by Gasteiger charge is -2.22. The number of thiazole rings is 1. The van der Waals surface area contributed by atoms with Gasteiger partial charge in [0.15, 0.2) is 11.5 Å². The van der Waals surface area contributed by atoms with E-state index in [2.05, 4.69) is 26.4 Å². The molecule has 0 atom stereocenters. The molecule has 0 spiro atoms. The summed E-state index contributed by atoms with van der Waals surface area (Å²) >= 11 is 1.64. The van der Waals surface area contributed by atoms with Crippen molar-refractivity contribution in [3.8, 4) is 28.4 Å². The average Bonchev–Trinajstić information content (AvgIpc) is 3.73. The first-order valence-electron chi connectivity index (χ1n) is 14.8. The SMILES string of the molecule is COc1ccc2cc1-c1cc3c(c(c1)OCCCCN(C(=O)c1ccno1)CCCNC2=O)OCCN(Cc1nccs1)C3. The van der Waals surface area contributed by atoms with Crippen LogP contribution in [0.25, 0.3) is 11.1 Å². The maximum atomic E-state index is 13.2. The number of hydrogen-bond acceptors (Lipinski definition) is 10. The number of rotatable bonds is 4. The van der Waals surface area contributed by atoms with Gasteiger partial charge < -0.3 is 29.0 Å². The molecule has 230 valence electrons. The summed E-state index contributed by atoms with van der Waals surface area (Å²) < 4.78 is 23.6. The van der Waals surface area contributed by atoms with Crippen LogP contribution in [0.15, 0.2) is 58.7 Å². The molecule has 2 amide bonds. The predicted molar refractivity (Wildman–Crippen MR) is 164 cm³/mol. The molecule has 2 aromatic carbocycles. The fourth-order valence-electron chi connectivity index (χ4n) is 5.49. The summed E-state index contributed by atoms with van der Waals surface area (Å²) in [7, 11) is 1.62. The summed E-state index contributed by atoms with van der Waals surface area (Å²) in [5.41, 5.74) is 3.17. The second-order valence-corrected chi connectivity index (χ2v) is 11.7. The quantitative estimate of drug-likeness (QED) is 0.349. The van der Waals surface area contributed by atoms with Gasteiger partial charge in [-0.15, -0.1) is 11.3 Å². The molecule has 12 heteroatoms. The van der Waals surface area contributed by atoms with E-state index in [1.165, 1.54) is 6.20 Å². The summed E-state index contributed by atoms with van der Waals surface area (Å²) in [5, 5.41) is 9.71. The molecule has 0 saturated carbocycles. The van der Waals surface area contributed by atoms with Gasteiger partial charge in [0.2, 0.25) is 5.76 Å². The summed E-state index contributed by atoms with van der Waals surface area (Å²) in [6.07, 6.45) is 5.33. The standard InChI is InChI=1S/C32H35N5O6S/c1-40-26-6-5-22-18-25(26)23-17-24-20-36(21-29-33-10-16-44-29)13-15-42-30(24)28(19-23)41-14-3-2-11-37(12-4-8-34-31(22)38)32(39)27-7-9-35-43-27/h5-7,9-10,16-19H,2-4,8,11-15,20-21H2,1H3,(H,34,38). The zero-order valence-electron chi connectivity index (χ0n) is 24.6. The van der Waals surface area contributed by atoms with Gasteiger partial charge in [0.1, 0.15) is 17.4 Å². The minimum absolute atomic E-state index is 0.197. The highest BCUT2D eigenvalue weighted by molar-refractivity contribution is 7.09. The molecule has 4 heterocycles. The van der Waals surface area contributed by atoms with Gasteiger partial charge in [0, 0.05) is 67.1 Å². The van der Waals surface area contributed by atoms with E-state index in [0.29, 0.717) is 62.9 Å². The smallest absolute Gasteiger partial charge is 0.292 e. The van der Waals surface area contributed by atoms with Crippen molar-refractivity contribution in [3.63, 3.8) is 0 Å². The molecule has 0 radical (unpaired) electrons. The molecule has 4 aromatic rings. The van der Waals surface area contributed by atoms with Crippen LogP contribution in [0.5, 0.6) is 17.2 Å². The summed E-state index contributed by atoms with van der Waals surface area (Å²) in [5.74, 6) is 1.80. The Morgan fingerprint density at radius 2 is 1.93 bits per heavy atom. The molecule has 44 heavy (non-hydrogen) atoms. The normalized spacial score (nSPS) is 16.5. The number of amides is 2. The second-order valence-electron chi connectivity index (χ2n) is 10.7. The average molecular weight is 618 g/mol. The third-order valence-electron chi connectivity index (χ3n) is 7.70. The maximum absolute atomic E-state index is 13.2. The number of methoxy groups -OCH3 is 1. The van der Waals surface area contributed by atoms with Crippen molar-refractivity contribution in [1.29, 1.82) is 0 Å². The molecule has 0 fully saturated rings. The van der Waals surface area contributed by atoms with Gasteiger partial charge in [-0.3, -0.25) is 14.5 Å². The van der Waals surface area contributed by atoms with Crippen LogP contribution < -0.4 is 19.5 Å². The molecular weight excluding hydrogens is 582 g/mol. The number of fused-ring (bicyclic) bond motifs is 7. The Labute approximate surface area is 259 Å². The number of nitrogens with zero attached hydrogens (tertiary/aromatic N) is 4. The molecular formula is C32H35N5O6S. The molecule has 2 aromatic heterocycles. The fourth-order valence-corrected chi connectivity index (χ4v) is 6.15. The zero-order valence-corrected chi connectivity index (χ0v) is 25.4. The third kappa shape index (κ3) is 6.87. The molecule has 11 nitrogen and oxygen atoms in total. The van der Waals surface area contributed by atoms with Gasteiger partial charge in [-0.05, 0) is 55.2 Å². The predicted octanol–water partition coefficient (Wildman–Crippen LogP) is 4.64. The van der Waals surface area contributed by atoms with Crippen molar-refractivity contribution in [2.24, 2.45) is 0 Å². The number of hydrogen-bond donors (Lipinski definition) is 1. The molecule has 6 rings (SSSR count). The van der Waals surface area contributed by atoms with Crippen molar-refractivity contribution >= 4 is 23.2 Å². The van der Waals surface area contributed by atoms with Crippen molar-refractivity contribution < 1.29 is 28.3 Å². The minimum atomic E-state index is -0.221. The van der Waals surface area contributed by atoms with Crippen molar-refractivity contribution in [1.82, 2.24) is 25.3 Å². The van der Waals surface area contributed by atoms with E-state index in [1.807, 2.05) is 29.8 Å². The first-order chi connectivity index (χ1) is 21.6. The largest absolute Gasteiger partial charge is 0.496 e. The van der Waals surface area contributed by atoms with Gasteiger partial charge >= 0.3 is 0 Å². The first-order valence-corrected chi connectivity index (χ1v) is 15.7. The molecule has 2 aliphatic heterocycles. The first kappa shape index (κ1) is 29.6. The van der Waals surface area contributed by atoms with Crippen LogP contribution in [0.2, 0.25) is 0 Å². The summed E-state index contributed by atoms with van der Waals surface area (Å²) in [4.78, 5) is 34.8. The lowest BCUT2D eigenvalue weighted by atomic mass is 9.98. The number of nitrogens with one attached hydrogen (secondary N) is 1. The third-order valence-corrected chi connectivity index (χ3v) is 8.47. The lowest BCUT2D eigenvalue weighted by Crippen LogP contribution is -2.35. The van der Waals surface area contributed by atoms with E-state index in [4.69, 9.17) is 18.7 Å². The van der Waals surface area contributed by atoms with Gasteiger partial charge in [0.25, 0.3) is 11.8 Å². The number of benzene rings is 2. The van der Waals surface area contributed by atoms with Crippen LogP contribution in [-0.4, -0.2) is 78.3 Å². The Bertz CT molecular complexity index is 1580. The van der Waals surface area contributed by atoms with Crippen molar-refractivity contribution in [2.45, 2.75) is 32.4 Å². The van der Waals surface area contributed by atoms with E-state index in [-0.39, 0.29) is 17.6 Å². The Morgan fingerprint density at radius 3 is 2.75 bits per heavy atom. The number of ether oxygens (including phenoxy) is 3. The highest BCUT2D eigenvalue weighted by atomic mass is 32.1. The topological polar surface area (TPSA) is 119 Å². The van der Waals surface area contributed by atoms with E-state index in [1.54, 1.807) is 35.5 Å². The Hall–Kier alpha value is -4.42. The number of carbonyl (C=O) groups excluding carboxylic acids is 2. The zero-order chi connectivity index (χ0) is 30.3. The highest BCUT2D eigenvalue weighted by Crippen LogP contribution is 2.41. The van der Waals surface area contributed by atoms with Gasteiger partial charge in [-0.2, -0.15) is 0 Å². The monoisotopic (exact) mass is 617 g/mol. The van der Waals surface area contributed by atoms with Gasteiger partial charge in [-0.25, -0.2) is 4.98 Å². The summed E-state index contributed by atoms with van der Waals surface area (Å²) in [6, 6.07) is 11.0. The van der Waals surface area contributed by atoms with E-state index in [0.717, 1.165) is 53.4 Å². The molecule has 1 N–H and O–H groups in total. The van der Waals surface area contributed by atoms with E-state index < -0.39 is 0 Å². The van der Waals surface area contributed by atoms with Gasteiger partial charge in [-0.1, -0.05) is 5.16 Å². The Balaban J connectivity index is 1.32. The molecule has 2 aliphatic rings. The minimum Gasteiger partial charge on any atom is -0.496 e. The maximum Gasteiger partial charge on any atom is 0.292 e. The van der Waals surface area contributed by atoms with Crippen LogP contribution in [0, 0.1) is 0 Å². The second kappa shape index (κ2) is 13.9. The van der Waals surface area contributed by atoms with Crippen LogP contribution in [0.3, 0.4) is 0 Å². The van der Waals surface area contributed by atoms with Crippen LogP contribution in [0.1, 0.15) is 50.7 Å².